The fourth-order valence-corrected chi connectivity index (χ4v) is 1.74. The largest absolute Gasteiger partial charge is 0.455 e. The summed E-state index contributed by atoms with van der Waals surface area (Å²) in [5, 5.41) is 7.48. The lowest BCUT2D eigenvalue weighted by molar-refractivity contribution is 0.478. The fraction of sp³-hybridized carbons (Fsp3) is 0.0769. The maximum Gasteiger partial charge on any atom is 0.156 e. The second-order valence-electron chi connectivity index (χ2n) is 3.80. The number of aryl methyl sites for hydroxylation is 1. The van der Waals surface area contributed by atoms with Gasteiger partial charge in [-0.15, -0.1) is 0 Å². The van der Waals surface area contributed by atoms with Crippen molar-refractivity contribution in [2.75, 3.05) is 0 Å². The number of hydrogen-bond donors (Lipinski definition) is 2. The normalized spacial score (nSPS) is 10.1. The number of pyridine rings is 1. The van der Waals surface area contributed by atoms with Gasteiger partial charge in [-0.2, -0.15) is 0 Å². The molecule has 1 aromatic heterocycles. The van der Waals surface area contributed by atoms with Gasteiger partial charge < -0.3 is 10.5 Å². The Bertz CT molecular complexity index is 599. The minimum Gasteiger partial charge on any atom is -0.455 e. The zero-order chi connectivity index (χ0) is 13.1. The van der Waals surface area contributed by atoms with Gasteiger partial charge in [0.2, 0.25) is 0 Å². The standard InChI is InChI=1S/C13H12BrN3O/c1-8-6-9(2-3-11(8)14)18-12-7-17-5-4-10(12)13(15)16/h2-7H,1H3,(H3,15,16). The third kappa shape index (κ3) is 2.68. The second-order valence-corrected chi connectivity index (χ2v) is 4.65. The van der Waals surface area contributed by atoms with Gasteiger partial charge in [0, 0.05) is 10.7 Å². The van der Waals surface area contributed by atoms with Crippen molar-refractivity contribution in [3.63, 3.8) is 0 Å². The Morgan fingerprint density at radius 3 is 2.83 bits per heavy atom. The van der Waals surface area contributed by atoms with Crippen LogP contribution in [0.25, 0.3) is 0 Å². The highest BCUT2D eigenvalue weighted by molar-refractivity contribution is 9.10. The quantitative estimate of drug-likeness (QED) is 0.675. The van der Waals surface area contributed by atoms with Crippen LogP contribution in [0.15, 0.2) is 41.1 Å². The van der Waals surface area contributed by atoms with Crippen LogP contribution in [0, 0.1) is 12.3 Å². The molecule has 4 nitrogen and oxygen atoms in total. The van der Waals surface area contributed by atoms with E-state index in [4.69, 9.17) is 15.9 Å². The van der Waals surface area contributed by atoms with Gasteiger partial charge in [0.15, 0.2) is 5.75 Å². The summed E-state index contributed by atoms with van der Waals surface area (Å²) in [5.74, 6) is 1.12. The van der Waals surface area contributed by atoms with Crippen molar-refractivity contribution in [3.8, 4) is 11.5 Å². The molecule has 1 heterocycles. The summed E-state index contributed by atoms with van der Waals surface area (Å²) >= 11 is 3.43. The Hall–Kier alpha value is -1.88. The van der Waals surface area contributed by atoms with Gasteiger partial charge in [0.1, 0.15) is 11.6 Å². The smallest absolute Gasteiger partial charge is 0.156 e. The molecular formula is C13H12BrN3O. The van der Waals surface area contributed by atoms with Crippen LogP contribution in [-0.4, -0.2) is 10.8 Å². The maximum atomic E-state index is 7.48. The molecule has 0 radical (unpaired) electrons. The van der Waals surface area contributed by atoms with E-state index in [1.807, 2.05) is 25.1 Å². The molecule has 0 aliphatic carbocycles. The number of aromatic nitrogens is 1. The van der Waals surface area contributed by atoms with Crippen LogP contribution in [0.5, 0.6) is 11.5 Å². The van der Waals surface area contributed by atoms with Gasteiger partial charge in [-0.25, -0.2) is 0 Å². The minimum atomic E-state index is -0.0405. The Balaban J connectivity index is 2.34. The van der Waals surface area contributed by atoms with E-state index in [1.54, 1.807) is 18.5 Å². The Morgan fingerprint density at radius 2 is 2.17 bits per heavy atom. The molecule has 18 heavy (non-hydrogen) atoms. The second kappa shape index (κ2) is 5.18. The Kier molecular flexibility index (Phi) is 3.62. The van der Waals surface area contributed by atoms with Crippen molar-refractivity contribution in [2.45, 2.75) is 6.92 Å². The van der Waals surface area contributed by atoms with E-state index in [1.165, 1.54) is 0 Å². The average Bonchev–Trinajstić information content (AvgIpc) is 2.34. The topological polar surface area (TPSA) is 72.0 Å². The van der Waals surface area contributed by atoms with E-state index in [2.05, 4.69) is 20.9 Å². The number of benzene rings is 1. The SMILES string of the molecule is Cc1cc(Oc2cnccc2C(=N)N)ccc1Br. The first kappa shape index (κ1) is 12.6. The lowest BCUT2D eigenvalue weighted by Crippen LogP contribution is -2.12. The number of amidine groups is 1. The highest BCUT2D eigenvalue weighted by atomic mass is 79.9. The molecule has 0 saturated heterocycles. The summed E-state index contributed by atoms with van der Waals surface area (Å²) in [5.41, 5.74) is 7.09. The highest BCUT2D eigenvalue weighted by Gasteiger charge is 2.08. The van der Waals surface area contributed by atoms with Crippen LogP contribution in [0.3, 0.4) is 0 Å². The summed E-state index contributed by atoms with van der Waals surface area (Å²) in [6.45, 7) is 1.98. The predicted molar refractivity (Wildman–Crippen MR) is 74.2 cm³/mol. The number of nitrogens with zero attached hydrogens (tertiary/aromatic N) is 1. The third-order valence-electron chi connectivity index (χ3n) is 2.43. The predicted octanol–water partition coefficient (Wildman–Crippen LogP) is 3.23. The van der Waals surface area contributed by atoms with Crippen molar-refractivity contribution >= 4 is 21.8 Å². The van der Waals surface area contributed by atoms with Crippen molar-refractivity contribution in [1.82, 2.24) is 4.98 Å². The van der Waals surface area contributed by atoms with Crippen LogP contribution in [-0.2, 0) is 0 Å². The van der Waals surface area contributed by atoms with Crippen molar-refractivity contribution in [1.29, 1.82) is 5.41 Å². The molecule has 92 valence electrons. The van der Waals surface area contributed by atoms with Crippen molar-refractivity contribution < 1.29 is 4.74 Å². The summed E-state index contributed by atoms with van der Waals surface area (Å²) in [4.78, 5) is 3.98. The summed E-state index contributed by atoms with van der Waals surface area (Å²) < 4.78 is 6.72. The summed E-state index contributed by atoms with van der Waals surface area (Å²) in [6, 6.07) is 7.31. The molecular weight excluding hydrogens is 294 g/mol. The highest BCUT2D eigenvalue weighted by Crippen LogP contribution is 2.27. The number of nitrogens with two attached hydrogens (primary N) is 1. The number of ether oxygens (including phenoxy) is 1. The Morgan fingerprint density at radius 1 is 1.39 bits per heavy atom. The lowest BCUT2D eigenvalue weighted by Gasteiger charge is -2.10. The van der Waals surface area contributed by atoms with Gasteiger partial charge in [0.25, 0.3) is 0 Å². The van der Waals surface area contributed by atoms with E-state index in [0.29, 0.717) is 17.1 Å². The van der Waals surface area contributed by atoms with E-state index in [9.17, 15) is 0 Å². The van der Waals surface area contributed by atoms with Crippen LogP contribution in [0.2, 0.25) is 0 Å². The molecule has 0 saturated carbocycles. The van der Waals surface area contributed by atoms with E-state index in [0.717, 1.165) is 10.0 Å². The lowest BCUT2D eigenvalue weighted by atomic mass is 10.2. The van der Waals surface area contributed by atoms with Gasteiger partial charge in [-0.3, -0.25) is 10.4 Å². The van der Waals surface area contributed by atoms with Crippen LogP contribution in [0.1, 0.15) is 11.1 Å². The van der Waals surface area contributed by atoms with Crippen LogP contribution >= 0.6 is 15.9 Å². The fourth-order valence-electron chi connectivity index (χ4n) is 1.49. The van der Waals surface area contributed by atoms with Gasteiger partial charge in [-0.05, 0) is 36.8 Å². The molecule has 0 atom stereocenters. The van der Waals surface area contributed by atoms with Gasteiger partial charge in [0.05, 0.1) is 11.8 Å². The van der Waals surface area contributed by atoms with Crippen LogP contribution < -0.4 is 10.5 Å². The van der Waals surface area contributed by atoms with E-state index >= 15 is 0 Å². The molecule has 0 unspecified atom stereocenters. The molecule has 5 heteroatoms. The first-order chi connectivity index (χ1) is 8.58. The van der Waals surface area contributed by atoms with Crippen molar-refractivity contribution in [3.05, 3.63) is 52.3 Å². The Labute approximate surface area is 113 Å². The molecule has 2 rings (SSSR count). The van der Waals surface area contributed by atoms with E-state index in [-0.39, 0.29) is 5.84 Å². The molecule has 0 aliphatic heterocycles. The molecule has 2 aromatic rings. The number of halogens is 1. The van der Waals surface area contributed by atoms with E-state index < -0.39 is 0 Å². The van der Waals surface area contributed by atoms with Crippen molar-refractivity contribution in [2.24, 2.45) is 5.73 Å². The zero-order valence-electron chi connectivity index (χ0n) is 9.77. The maximum absolute atomic E-state index is 7.48. The molecule has 0 bridgehead atoms. The molecule has 1 aromatic carbocycles. The monoisotopic (exact) mass is 305 g/mol. The molecule has 0 spiro atoms. The first-order valence-electron chi connectivity index (χ1n) is 5.30. The number of hydrogen-bond acceptors (Lipinski definition) is 3. The van der Waals surface area contributed by atoms with Gasteiger partial charge in [-0.1, -0.05) is 15.9 Å². The summed E-state index contributed by atoms with van der Waals surface area (Å²) in [7, 11) is 0. The third-order valence-corrected chi connectivity index (χ3v) is 3.32. The number of nitrogen functional groups attached to an aromatic ring is 1. The molecule has 0 amide bonds. The molecule has 0 aliphatic rings. The van der Waals surface area contributed by atoms with Crippen LogP contribution in [0.4, 0.5) is 0 Å². The summed E-state index contributed by atoms with van der Waals surface area (Å²) in [6.07, 6.45) is 3.13. The van der Waals surface area contributed by atoms with Gasteiger partial charge >= 0.3 is 0 Å². The first-order valence-corrected chi connectivity index (χ1v) is 6.09. The minimum absolute atomic E-state index is 0.0405. The zero-order valence-corrected chi connectivity index (χ0v) is 11.4. The number of nitrogens with one attached hydrogen (secondary N) is 1. The number of rotatable bonds is 3. The molecule has 0 fully saturated rings. The molecule has 3 N–H and O–H groups in total. The average molecular weight is 306 g/mol.